The fraction of sp³-hybridized carbons (Fsp3) is 0.409. The Labute approximate surface area is 182 Å². The summed E-state index contributed by atoms with van der Waals surface area (Å²) < 4.78 is 14.8. The molecule has 158 valence electrons. The van der Waals surface area contributed by atoms with Gasteiger partial charge >= 0.3 is 0 Å². The highest BCUT2D eigenvalue weighted by molar-refractivity contribution is 7.99. The summed E-state index contributed by atoms with van der Waals surface area (Å²) in [4.78, 5) is 32.2. The van der Waals surface area contributed by atoms with Crippen LogP contribution in [0.5, 0.6) is 0 Å². The number of thioether (sulfide) groups is 1. The van der Waals surface area contributed by atoms with Gasteiger partial charge in [0.15, 0.2) is 5.16 Å². The third kappa shape index (κ3) is 4.03. The van der Waals surface area contributed by atoms with Crippen LogP contribution in [0.2, 0.25) is 0 Å². The third-order valence-electron chi connectivity index (χ3n) is 5.45. The first-order valence-electron chi connectivity index (χ1n) is 10.0. The van der Waals surface area contributed by atoms with Crippen molar-refractivity contribution in [1.29, 1.82) is 0 Å². The number of nitrogens with one attached hydrogen (secondary N) is 1. The Hall–Kier alpha value is -2.19. The molecule has 8 heteroatoms. The largest absolute Gasteiger partial charge is 0.348 e. The fourth-order valence-electron chi connectivity index (χ4n) is 3.88. The van der Waals surface area contributed by atoms with Gasteiger partial charge in [-0.15, -0.1) is 11.3 Å². The molecule has 2 aromatic heterocycles. The van der Waals surface area contributed by atoms with Gasteiger partial charge in [-0.25, -0.2) is 9.37 Å². The smallest absolute Gasteiger partial charge is 0.262 e. The van der Waals surface area contributed by atoms with E-state index in [0.717, 1.165) is 40.6 Å². The van der Waals surface area contributed by atoms with Crippen molar-refractivity contribution >= 4 is 39.2 Å². The predicted molar refractivity (Wildman–Crippen MR) is 120 cm³/mol. The molecule has 0 fully saturated rings. The second-order valence-corrected chi connectivity index (χ2v) is 9.95. The third-order valence-corrected chi connectivity index (χ3v) is 7.67. The Balaban J connectivity index is 1.49. The first kappa shape index (κ1) is 21.1. The molecule has 1 amide bonds. The molecule has 5 nitrogen and oxygen atoms in total. The SMILES string of the molecule is CC(C)C(NC(=O)CSc1nc2sc3c(c2c(=O)n1C)CCC3)c1ccc(F)cc1. The van der Waals surface area contributed by atoms with Gasteiger partial charge in [0.25, 0.3) is 5.56 Å². The van der Waals surface area contributed by atoms with Crippen LogP contribution in [0.1, 0.15) is 42.3 Å². The van der Waals surface area contributed by atoms with Gasteiger partial charge in [0.1, 0.15) is 10.6 Å². The zero-order valence-corrected chi connectivity index (χ0v) is 18.8. The molecule has 1 aliphatic rings. The first-order chi connectivity index (χ1) is 14.3. The van der Waals surface area contributed by atoms with Crippen molar-refractivity contribution in [3.05, 3.63) is 56.4 Å². The molecule has 0 bridgehead atoms. The highest BCUT2D eigenvalue weighted by Crippen LogP contribution is 2.35. The highest BCUT2D eigenvalue weighted by atomic mass is 32.2. The number of hydrogen-bond donors (Lipinski definition) is 1. The van der Waals surface area contributed by atoms with E-state index in [2.05, 4.69) is 10.3 Å². The van der Waals surface area contributed by atoms with Crippen LogP contribution in [0.3, 0.4) is 0 Å². The lowest BCUT2D eigenvalue weighted by Crippen LogP contribution is -2.33. The van der Waals surface area contributed by atoms with E-state index in [1.807, 2.05) is 13.8 Å². The van der Waals surface area contributed by atoms with Crippen LogP contribution in [0.4, 0.5) is 4.39 Å². The summed E-state index contributed by atoms with van der Waals surface area (Å²) in [5, 5.41) is 4.33. The minimum absolute atomic E-state index is 0.0336. The topological polar surface area (TPSA) is 64.0 Å². The molecule has 0 saturated heterocycles. The molecular formula is C22H24FN3O2S2. The average molecular weight is 446 g/mol. The standard InChI is InChI=1S/C22H24FN3O2S2/c1-12(2)19(13-7-9-14(23)10-8-13)24-17(27)11-29-22-25-20-18(21(28)26(22)3)15-5-4-6-16(15)30-20/h7-10,12,19H,4-6,11H2,1-3H3,(H,24,27). The molecule has 2 heterocycles. The van der Waals surface area contributed by atoms with Crippen LogP contribution in [-0.2, 0) is 24.7 Å². The minimum atomic E-state index is -0.301. The van der Waals surface area contributed by atoms with Crippen molar-refractivity contribution < 1.29 is 9.18 Å². The molecule has 3 aromatic rings. The van der Waals surface area contributed by atoms with Crippen molar-refractivity contribution in [2.24, 2.45) is 13.0 Å². The number of rotatable bonds is 6. The average Bonchev–Trinajstić information content (AvgIpc) is 3.29. The van der Waals surface area contributed by atoms with Gasteiger partial charge in [0.05, 0.1) is 17.2 Å². The molecule has 1 aromatic carbocycles. The van der Waals surface area contributed by atoms with E-state index < -0.39 is 0 Å². The van der Waals surface area contributed by atoms with Gasteiger partial charge in [0, 0.05) is 11.9 Å². The number of thiophene rings is 1. The van der Waals surface area contributed by atoms with Crippen LogP contribution in [0, 0.1) is 11.7 Å². The van der Waals surface area contributed by atoms with E-state index in [9.17, 15) is 14.0 Å². The number of aromatic nitrogens is 2. The molecule has 1 atom stereocenters. The van der Waals surface area contributed by atoms with Crippen molar-refractivity contribution in [1.82, 2.24) is 14.9 Å². The number of halogens is 1. The number of aryl methyl sites for hydroxylation is 2. The number of amides is 1. The molecule has 1 unspecified atom stereocenters. The molecule has 1 aliphatic carbocycles. The Morgan fingerprint density at radius 3 is 2.73 bits per heavy atom. The van der Waals surface area contributed by atoms with E-state index in [-0.39, 0.29) is 35.0 Å². The summed E-state index contributed by atoms with van der Waals surface area (Å²) in [6, 6.07) is 5.99. The van der Waals surface area contributed by atoms with E-state index >= 15 is 0 Å². The lowest BCUT2D eigenvalue weighted by atomic mass is 9.96. The quantitative estimate of drug-likeness (QED) is 0.456. The van der Waals surface area contributed by atoms with Crippen LogP contribution in [-0.4, -0.2) is 21.2 Å². The zero-order chi connectivity index (χ0) is 21.4. The molecule has 0 radical (unpaired) electrons. The number of hydrogen-bond acceptors (Lipinski definition) is 5. The van der Waals surface area contributed by atoms with Gasteiger partial charge in [-0.2, -0.15) is 0 Å². The number of benzene rings is 1. The van der Waals surface area contributed by atoms with E-state index in [0.29, 0.717) is 5.16 Å². The normalized spacial score (nSPS) is 14.3. The molecule has 1 N–H and O–H groups in total. The number of fused-ring (bicyclic) bond motifs is 3. The summed E-state index contributed by atoms with van der Waals surface area (Å²) in [6.07, 6.45) is 3.06. The summed E-state index contributed by atoms with van der Waals surface area (Å²) >= 11 is 2.86. The molecule has 4 rings (SSSR count). The van der Waals surface area contributed by atoms with E-state index in [4.69, 9.17) is 0 Å². The summed E-state index contributed by atoms with van der Waals surface area (Å²) in [7, 11) is 1.71. The highest BCUT2D eigenvalue weighted by Gasteiger charge is 2.23. The van der Waals surface area contributed by atoms with Crippen molar-refractivity contribution in [2.45, 2.75) is 44.3 Å². The summed E-state index contributed by atoms with van der Waals surface area (Å²) in [6.45, 7) is 4.02. The second kappa shape index (κ2) is 8.51. The van der Waals surface area contributed by atoms with Crippen molar-refractivity contribution in [2.75, 3.05) is 5.75 Å². The Kier molecular flexibility index (Phi) is 5.97. The predicted octanol–water partition coefficient (Wildman–Crippen LogP) is 4.23. The van der Waals surface area contributed by atoms with Gasteiger partial charge in [-0.1, -0.05) is 37.7 Å². The molecule has 0 saturated carbocycles. The maximum absolute atomic E-state index is 13.2. The Morgan fingerprint density at radius 2 is 2.03 bits per heavy atom. The number of carbonyl (C=O) groups excluding carboxylic acids is 1. The first-order valence-corrected chi connectivity index (χ1v) is 11.8. The van der Waals surface area contributed by atoms with Crippen LogP contribution in [0.25, 0.3) is 10.2 Å². The fourth-order valence-corrected chi connectivity index (χ4v) is 5.97. The Morgan fingerprint density at radius 1 is 1.30 bits per heavy atom. The monoisotopic (exact) mass is 445 g/mol. The van der Waals surface area contributed by atoms with Gasteiger partial charge in [-0.3, -0.25) is 14.2 Å². The second-order valence-electron chi connectivity index (χ2n) is 7.93. The lowest BCUT2D eigenvalue weighted by Gasteiger charge is -2.23. The summed E-state index contributed by atoms with van der Waals surface area (Å²) in [5.74, 6) is -0.144. The number of nitrogens with zero attached hydrogens (tertiary/aromatic N) is 2. The molecule has 0 spiro atoms. The Bertz CT molecular complexity index is 1150. The van der Waals surface area contributed by atoms with Gasteiger partial charge in [0.2, 0.25) is 5.91 Å². The van der Waals surface area contributed by atoms with E-state index in [1.165, 1.54) is 28.8 Å². The van der Waals surface area contributed by atoms with Crippen molar-refractivity contribution in [3.63, 3.8) is 0 Å². The maximum atomic E-state index is 13.2. The minimum Gasteiger partial charge on any atom is -0.348 e. The molecular weight excluding hydrogens is 421 g/mol. The molecule has 30 heavy (non-hydrogen) atoms. The molecule has 0 aliphatic heterocycles. The zero-order valence-electron chi connectivity index (χ0n) is 17.2. The van der Waals surface area contributed by atoms with Gasteiger partial charge < -0.3 is 5.32 Å². The van der Waals surface area contributed by atoms with Gasteiger partial charge in [-0.05, 0) is 48.4 Å². The van der Waals surface area contributed by atoms with Crippen LogP contribution in [0.15, 0.2) is 34.2 Å². The van der Waals surface area contributed by atoms with Crippen molar-refractivity contribution in [3.8, 4) is 0 Å². The van der Waals surface area contributed by atoms with Crippen LogP contribution < -0.4 is 10.9 Å². The number of carbonyl (C=O) groups is 1. The summed E-state index contributed by atoms with van der Waals surface area (Å²) in [5.41, 5.74) is 2.00. The maximum Gasteiger partial charge on any atom is 0.262 e. The van der Waals surface area contributed by atoms with Crippen LogP contribution >= 0.6 is 23.1 Å². The lowest BCUT2D eigenvalue weighted by molar-refractivity contribution is -0.119. The van der Waals surface area contributed by atoms with E-state index in [1.54, 1.807) is 35.1 Å².